The molecule has 0 amide bonds. The molecule has 0 atom stereocenters. The van der Waals surface area contributed by atoms with E-state index in [0.29, 0.717) is 6.54 Å². The average Bonchev–Trinajstić information content (AvgIpc) is 2.76. The molecule has 2 aromatic heterocycles. The number of hydrogen-bond donors (Lipinski definition) is 1. The summed E-state index contributed by atoms with van der Waals surface area (Å²) >= 11 is 0. The fourth-order valence-corrected chi connectivity index (χ4v) is 2.84. The molecule has 3 heteroatoms. The monoisotopic (exact) mass is 265 g/mol. The summed E-state index contributed by atoms with van der Waals surface area (Å²) in [5.41, 5.74) is 11.9. The van der Waals surface area contributed by atoms with Crippen molar-refractivity contribution in [2.24, 2.45) is 5.73 Å². The van der Waals surface area contributed by atoms with Crippen molar-refractivity contribution in [3.63, 3.8) is 0 Å². The smallest absolute Gasteiger partial charge is 0.140 e. The second-order valence-corrected chi connectivity index (χ2v) is 5.36. The van der Waals surface area contributed by atoms with E-state index in [9.17, 15) is 0 Å². The van der Waals surface area contributed by atoms with Crippen molar-refractivity contribution in [3.05, 3.63) is 65.0 Å². The topological polar surface area (TPSA) is 43.8 Å². The molecule has 0 spiro atoms. The summed E-state index contributed by atoms with van der Waals surface area (Å²) in [6.07, 6.45) is 3.95. The zero-order chi connectivity index (χ0) is 14.1. The van der Waals surface area contributed by atoms with Gasteiger partial charge in [-0.15, -0.1) is 0 Å². The van der Waals surface area contributed by atoms with Gasteiger partial charge in [-0.1, -0.05) is 29.3 Å². The quantitative estimate of drug-likeness (QED) is 0.790. The molecular formula is C17H19N3. The highest BCUT2D eigenvalue weighted by atomic mass is 15.0. The van der Waals surface area contributed by atoms with Crippen LogP contribution in [0.1, 0.15) is 22.3 Å². The van der Waals surface area contributed by atoms with Gasteiger partial charge < -0.3 is 10.3 Å². The Bertz CT molecular complexity index is 736. The van der Waals surface area contributed by atoms with Gasteiger partial charge in [-0.25, -0.2) is 4.98 Å². The van der Waals surface area contributed by atoms with Crippen LogP contribution in [0.3, 0.4) is 0 Å². The van der Waals surface area contributed by atoms with E-state index in [0.717, 1.165) is 23.1 Å². The molecule has 0 unspecified atom stereocenters. The maximum absolute atomic E-state index is 5.83. The highest BCUT2D eigenvalue weighted by Gasteiger charge is 2.08. The molecule has 0 aliphatic heterocycles. The molecular weight excluding hydrogens is 246 g/mol. The Balaban J connectivity index is 2.06. The first-order chi connectivity index (χ1) is 9.67. The van der Waals surface area contributed by atoms with Crippen molar-refractivity contribution in [2.45, 2.75) is 26.9 Å². The van der Waals surface area contributed by atoms with Crippen LogP contribution in [0.15, 0.2) is 42.7 Å². The van der Waals surface area contributed by atoms with Gasteiger partial charge in [0.1, 0.15) is 5.65 Å². The third-order valence-corrected chi connectivity index (χ3v) is 3.57. The van der Waals surface area contributed by atoms with Crippen LogP contribution >= 0.6 is 0 Å². The molecule has 1 aromatic carbocycles. The van der Waals surface area contributed by atoms with Gasteiger partial charge in [0.15, 0.2) is 0 Å². The molecule has 0 aliphatic carbocycles. The Kier molecular flexibility index (Phi) is 3.28. The lowest BCUT2D eigenvalue weighted by Gasteiger charge is -2.07. The van der Waals surface area contributed by atoms with E-state index in [-0.39, 0.29) is 0 Å². The zero-order valence-corrected chi connectivity index (χ0v) is 11.9. The Morgan fingerprint density at radius 2 is 1.90 bits per heavy atom. The molecule has 0 radical (unpaired) electrons. The SMILES string of the molecule is Cc1cc(C)cc(Cn2cc(CN)c3cccnc32)c1. The Labute approximate surface area is 119 Å². The third-order valence-electron chi connectivity index (χ3n) is 3.57. The highest BCUT2D eigenvalue weighted by Crippen LogP contribution is 2.20. The van der Waals surface area contributed by atoms with Gasteiger partial charge in [-0.2, -0.15) is 0 Å². The first-order valence-electron chi connectivity index (χ1n) is 6.87. The lowest BCUT2D eigenvalue weighted by Crippen LogP contribution is -2.00. The van der Waals surface area contributed by atoms with Crippen LogP contribution in [-0.4, -0.2) is 9.55 Å². The van der Waals surface area contributed by atoms with Gasteiger partial charge in [-0.3, -0.25) is 0 Å². The molecule has 3 nitrogen and oxygen atoms in total. The van der Waals surface area contributed by atoms with E-state index in [2.05, 4.69) is 53.9 Å². The number of aromatic nitrogens is 2. The number of nitrogens with zero attached hydrogens (tertiary/aromatic N) is 2. The molecule has 102 valence electrons. The van der Waals surface area contributed by atoms with Crippen molar-refractivity contribution in [3.8, 4) is 0 Å². The number of pyridine rings is 1. The standard InChI is InChI=1S/C17H19N3/c1-12-6-13(2)8-14(7-12)10-20-11-15(9-18)16-4-3-5-19-17(16)20/h3-8,11H,9-10,18H2,1-2H3. The Morgan fingerprint density at radius 1 is 1.15 bits per heavy atom. The minimum Gasteiger partial charge on any atom is -0.328 e. The predicted octanol–water partition coefficient (Wildman–Crippen LogP) is 3.16. The number of fused-ring (bicyclic) bond motifs is 1. The van der Waals surface area contributed by atoms with Gasteiger partial charge in [-0.05, 0) is 37.1 Å². The number of nitrogens with two attached hydrogens (primary N) is 1. The minimum atomic E-state index is 0.544. The van der Waals surface area contributed by atoms with Crippen LogP contribution in [0, 0.1) is 13.8 Å². The van der Waals surface area contributed by atoms with Crippen LogP contribution in [0.2, 0.25) is 0 Å². The summed E-state index contributed by atoms with van der Waals surface area (Å²) in [4.78, 5) is 4.50. The van der Waals surface area contributed by atoms with Gasteiger partial charge in [0.25, 0.3) is 0 Å². The van der Waals surface area contributed by atoms with Crippen molar-refractivity contribution in [2.75, 3.05) is 0 Å². The van der Waals surface area contributed by atoms with Gasteiger partial charge in [0, 0.05) is 30.9 Å². The van der Waals surface area contributed by atoms with E-state index in [1.54, 1.807) is 0 Å². The number of benzene rings is 1. The molecule has 2 N–H and O–H groups in total. The van der Waals surface area contributed by atoms with Crippen LogP contribution in [0.25, 0.3) is 11.0 Å². The predicted molar refractivity (Wildman–Crippen MR) is 82.6 cm³/mol. The fourth-order valence-electron chi connectivity index (χ4n) is 2.84. The molecule has 0 saturated carbocycles. The fraction of sp³-hybridized carbons (Fsp3) is 0.235. The number of rotatable bonds is 3. The summed E-state index contributed by atoms with van der Waals surface area (Å²) in [5, 5.41) is 1.15. The molecule has 3 rings (SSSR count). The Hall–Kier alpha value is -2.13. The van der Waals surface area contributed by atoms with E-state index < -0.39 is 0 Å². The molecule has 0 aliphatic rings. The van der Waals surface area contributed by atoms with E-state index >= 15 is 0 Å². The second-order valence-electron chi connectivity index (χ2n) is 5.36. The molecule has 20 heavy (non-hydrogen) atoms. The van der Waals surface area contributed by atoms with Crippen molar-refractivity contribution in [1.29, 1.82) is 0 Å². The number of hydrogen-bond acceptors (Lipinski definition) is 2. The number of aryl methyl sites for hydroxylation is 2. The lowest BCUT2D eigenvalue weighted by molar-refractivity contribution is 0.817. The lowest BCUT2D eigenvalue weighted by atomic mass is 10.1. The molecule has 0 bridgehead atoms. The maximum Gasteiger partial charge on any atom is 0.140 e. The first kappa shape index (κ1) is 12.9. The minimum absolute atomic E-state index is 0.544. The van der Waals surface area contributed by atoms with E-state index in [1.165, 1.54) is 16.7 Å². The molecule has 3 aromatic rings. The van der Waals surface area contributed by atoms with Crippen LogP contribution in [0.5, 0.6) is 0 Å². The molecule has 0 saturated heterocycles. The van der Waals surface area contributed by atoms with Crippen LogP contribution < -0.4 is 5.73 Å². The average molecular weight is 265 g/mol. The maximum atomic E-state index is 5.83. The summed E-state index contributed by atoms with van der Waals surface area (Å²) in [5.74, 6) is 0. The molecule has 2 heterocycles. The second kappa shape index (κ2) is 5.10. The van der Waals surface area contributed by atoms with Gasteiger partial charge in [0.2, 0.25) is 0 Å². The zero-order valence-electron chi connectivity index (χ0n) is 11.9. The summed E-state index contributed by atoms with van der Waals surface area (Å²) in [6, 6.07) is 10.7. The third kappa shape index (κ3) is 2.32. The highest BCUT2D eigenvalue weighted by molar-refractivity contribution is 5.80. The largest absolute Gasteiger partial charge is 0.328 e. The van der Waals surface area contributed by atoms with Gasteiger partial charge in [0.05, 0.1) is 0 Å². The summed E-state index contributed by atoms with van der Waals surface area (Å²) < 4.78 is 2.19. The van der Waals surface area contributed by atoms with Crippen LogP contribution in [0.4, 0.5) is 0 Å². The van der Waals surface area contributed by atoms with E-state index in [1.807, 2.05) is 12.3 Å². The summed E-state index contributed by atoms with van der Waals surface area (Å²) in [7, 11) is 0. The van der Waals surface area contributed by atoms with Crippen molar-refractivity contribution < 1.29 is 0 Å². The van der Waals surface area contributed by atoms with Crippen LogP contribution in [-0.2, 0) is 13.1 Å². The van der Waals surface area contributed by atoms with E-state index in [4.69, 9.17) is 5.73 Å². The molecule has 0 fully saturated rings. The normalized spacial score (nSPS) is 11.2. The Morgan fingerprint density at radius 3 is 2.60 bits per heavy atom. The summed E-state index contributed by atoms with van der Waals surface area (Å²) in [6.45, 7) is 5.64. The van der Waals surface area contributed by atoms with Gasteiger partial charge >= 0.3 is 0 Å². The van der Waals surface area contributed by atoms with Crippen molar-refractivity contribution >= 4 is 11.0 Å². The van der Waals surface area contributed by atoms with Crippen molar-refractivity contribution in [1.82, 2.24) is 9.55 Å². The first-order valence-corrected chi connectivity index (χ1v) is 6.87.